The molecule has 176 valence electrons. The van der Waals surface area contributed by atoms with Gasteiger partial charge in [-0.25, -0.2) is 8.42 Å². The minimum absolute atomic E-state index is 0.102. The summed E-state index contributed by atoms with van der Waals surface area (Å²) in [4.78, 5) is 10.2. The number of anilines is 1. The first-order valence-corrected chi connectivity index (χ1v) is 13.4. The van der Waals surface area contributed by atoms with Crippen molar-refractivity contribution in [2.24, 2.45) is 4.99 Å². The first-order valence-electron chi connectivity index (χ1n) is 11.1. The van der Waals surface area contributed by atoms with E-state index >= 15 is 0 Å². The van der Waals surface area contributed by atoms with Crippen LogP contribution < -0.4 is 4.72 Å². The van der Waals surface area contributed by atoms with Crippen molar-refractivity contribution >= 4 is 55.4 Å². The number of fused-ring (bicyclic) bond motifs is 2. The van der Waals surface area contributed by atoms with Crippen LogP contribution >= 0.6 is 11.8 Å². The normalized spacial score (nSPS) is 14.3. The van der Waals surface area contributed by atoms with Gasteiger partial charge in [-0.1, -0.05) is 60.3 Å². The highest BCUT2D eigenvalue weighted by Crippen LogP contribution is 2.44. The van der Waals surface area contributed by atoms with Crippen LogP contribution in [0.4, 0.5) is 5.69 Å². The van der Waals surface area contributed by atoms with E-state index in [1.165, 1.54) is 11.8 Å². The molecule has 8 heteroatoms. The average molecular weight is 502 g/mol. The molecule has 1 aromatic heterocycles. The molecule has 35 heavy (non-hydrogen) atoms. The van der Waals surface area contributed by atoms with Crippen molar-refractivity contribution in [3.8, 4) is 5.75 Å². The Kier molecular flexibility index (Phi) is 6.32. The van der Waals surface area contributed by atoms with Crippen LogP contribution in [0.5, 0.6) is 5.75 Å². The number of phenolic OH excluding ortho intramolecular Hbond substituents is 1. The van der Waals surface area contributed by atoms with Crippen molar-refractivity contribution < 1.29 is 13.5 Å². The quantitative estimate of drug-likeness (QED) is 0.239. The highest BCUT2D eigenvalue weighted by atomic mass is 32.2. The van der Waals surface area contributed by atoms with Crippen molar-refractivity contribution in [2.45, 2.75) is 22.6 Å². The number of para-hydroxylation sites is 1. The number of benzene rings is 3. The fourth-order valence-corrected chi connectivity index (χ4v) is 6.36. The van der Waals surface area contributed by atoms with E-state index in [2.05, 4.69) is 14.7 Å². The molecule has 0 amide bonds. The zero-order valence-corrected chi connectivity index (χ0v) is 20.6. The number of nitrogens with one attached hydrogen (secondary N) is 1. The first kappa shape index (κ1) is 23.1. The standard InChI is InChI=1S/C27H23N3O3S2/c1-28-17-18-11-13-20(14-12-18)35(32,33)30-23-16-25(27(31)22-9-3-2-8-21(22)23)34-24-10-4-6-19-7-5-15-29-26(19)24/h2-11,13,15-17,30-31H,12,14H2,1H3. The molecular formula is C27H23N3O3S2. The van der Waals surface area contributed by atoms with Crippen molar-refractivity contribution in [1.82, 2.24) is 4.98 Å². The second-order valence-electron chi connectivity index (χ2n) is 8.12. The Morgan fingerprint density at radius 3 is 2.57 bits per heavy atom. The van der Waals surface area contributed by atoms with Gasteiger partial charge >= 0.3 is 0 Å². The largest absolute Gasteiger partial charge is 0.506 e. The zero-order chi connectivity index (χ0) is 24.4. The highest BCUT2D eigenvalue weighted by molar-refractivity contribution is 7.99. The highest BCUT2D eigenvalue weighted by Gasteiger charge is 2.22. The summed E-state index contributed by atoms with van der Waals surface area (Å²) in [6.07, 6.45) is 7.89. The number of aromatic nitrogens is 1. The predicted molar refractivity (Wildman–Crippen MR) is 144 cm³/mol. The van der Waals surface area contributed by atoms with Crippen molar-refractivity contribution in [1.29, 1.82) is 0 Å². The second-order valence-corrected chi connectivity index (χ2v) is 10.9. The lowest BCUT2D eigenvalue weighted by atomic mass is 10.1. The maximum atomic E-state index is 13.3. The average Bonchev–Trinajstić information content (AvgIpc) is 2.87. The van der Waals surface area contributed by atoms with E-state index in [0.717, 1.165) is 21.4 Å². The van der Waals surface area contributed by atoms with Crippen LogP contribution in [-0.2, 0) is 10.0 Å². The Morgan fingerprint density at radius 1 is 1.00 bits per heavy atom. The van der Waals surface area contributed by atoms with Crippen LogP contribution in [0.25, 0.3) is 21.7 Å². The van der Waals surface area contributed by atoms with Crippen molar-refractivity contribution in [3.05, 3.63) is 89.5 Å². The van der Waals surface area contributed by atoms with Gasteiger partial charge in [0, 0.05) is 40.5 Å². The Balaban J connectivity index is 1.57. The Hall–Kier alpha value is -3.62. The molecule has 4 aromatic rings. The molecule has 0 spiro atoms. The second kappa shape index (κ2) is 9.56. The molecule has 3 aromatic carbocycles. The minimum atomic E-state index is -3.78. The smallest absolute Gasteiger partial charge is 0.258 e. The van der Waals surface area contributed by atoms with Crippen LogP contribution in [0.15, 0.2) is 104 Å². The Bertz CT molecular complexity index is 1640. The lowest BCUT2D eigenvalue weighted by molar-refractivity contribution is 0.469. The summed E-state index contributed by atoms with van der Waals surface area (Å²) in [5.41, 5.74) is 2.23. The number of hydrogen-bond acceptors (Lipinski definition) is 6. The van der Waals surface area contributed by atoms with E-state index in [9.17, 15) is 13.5 Å². The van der Waals surface area contributed by atoms with Crippen LogP contribution in [0.2, 0.25) is 0 Å². The number of aliphatic imine (C=N–C) groups is 1. The summed E-state index contributed by atoms with van der Waals surface area (Å²) in [6, 6.07) is 18.6. The number of nitrogens with zero attached hydrogens (tertiary/aromatic N) is 2. The molecule has 1 heterocycles. The molecule has 0 saturated carbocycles. The summed E-state index contributed by atoms with van der Waals surface area (Å²) < 4.78 is 29.3. The first-order chi connectivity index (χ1) is 17.0. The monoisotopic (exact) mass is 501 g/mol. The lowest BCUT2D eigenvalue weighted by Gasteiger charge is -2.17. The van der Waals surface area contributed by atoms with Crippen LogP contribution in [0.3, 0.4) is 0 Å². The zero-order valence-electron chi connectivity index (χ0n) is 19.0. The third kappa shape index (κ3) is 4.67. The molecule has 5 rings (SSSR count). The van der Waals surface area contributed by atoms with E-state index in [0.29, 0.717) is 39.1 Å². The maximum absolute atomic E-state index is 13.3. The molecule has 1 aliphatic carbocycles. The van der Waals surface area contributed by atoms with E-state index in [1.54, 1.807) is 49.8 Å². The summed E-state index contributed by atoms with van der Waals surface area (Å²) in [6.45, 7) is 0. The minimum Gasteiger partial charge on any atom is -0.506 e. The summed E-state index contributed by atoms with van der Waals surface area (Å²) in [5.74, 6) is 0.102. The van der Waals surface area contributed by atoms with Gasteiger partial charge in [0.05, 0.1) is 21.0 Å². The topological polar surface area (TPSA) is 91.7 Å². The Labute approximate surface area is 208 Å². The molecule has 2 N–H and O–H groups in total. The summed E-state index contributed by atoms with van der Waals surface area (Å²) >= 11 is 1.35. The van der Waals surface area contributed by atoms with E-state index < -0.39 is 10.0 Å². The van der Waals surface area contributed by atoms with E-state index in [4.69, 9.17) is 0 Å². The van der Waals surface area contributed by atoms with E-state index in [1.807, 2.05) is 42.5 Å². The third-order valence-corrected chi connectivity index (χ3v) is 8.42. The number of pyridine rings is 1. The van der Waals surface area contributed by atoms with Gasteiger partial charge in [-0.3, -0.25) is 14.7 Å². The molecule has 0 fully saturated rings. The van der Waals surface area contributed by atoms with Gasteiger partial charge < -0.3 is 5.11 Å². The number of hydrogen-bond donors (Lipinski definition) is 2. The predicted octanol–water partition coefficient (Wildman–Crippen LogP) is 6.29. The number of sulfonamides is 1. The van der Waals surface area contributed by atoms with Crippen molar-refractivity contribution in [3.63, 3.8) is 0 Å². The molecule has 0 unspecified atom stereocenters. The molecule has 0 radical (unpaired) electrons. The number of rotatable bonds is 6. The molecule has 0 aliphatic heterocycles. The SMILES string of the molecule is CN=CC1=CC=C(S(=O)(=O)Nc2cc(Sc3cccc4cccnc34)c(O)c3ccccc23)CC1. The molecule has 0 bridgehead atoms. The molecule has 1 aliphatic rings. The van der Waals surface area contributed by atoms with Crippen LogP contribution in [0, 0.1) is 0 Å². The van der Waals surface area contributed by atoms with Crippen molar-refractivity contribution in [2.75, 3.05) is 11.8 Å². The lowest BCUT2D eigenvalue weighted by Crippen LogP contribution is -2.17. The maximum Gasteiger partial charge on any atom is 0.258 e. The number of aromatic hydroxyl groups is 1. The fraction of sp³-hybridized carbons (Fsp3) is 0.111. The van der Waals surface area contributed by atoms with Crippen LogP contribution in [0.1, 0.15) is 12.8 Å². The van der Waals surface area contributed by atoms with E-state index in [-0.39, 0.29) is 5.75 Å². The number of phenols is 1. The van der Waals surface area contributed by atoms with Gasteiger partial charge in [-0.2, -0.15) is 0 Å². The summed E-state index contributed by atoms with van der Waals surface area (Å²) in [7, 11) is -2.09. The summed E-state index contributed by atoms with van der Waals surface area (Å²) in [5, 5.41) is 13.3. The van der Waals surface area contributed by atoms with Gasteiger partial charge in [-0.05, 0) is 42.7 Å². The van der Waals surface area contributed by atoms with Gasteiger partial charge in [0.15, 0.2) is 0 Å². The van der Waals surface area contributed by atoms with Gasteiger partial charge in [0.1, 0.15) is 5.75 Å². The van der Waals surface area contributed by atoms with Gasteiger partial charge in [0.25, 0.3) is 10.0 Å². The molecule has 0 atom stereocenters. The number of allylic oxidation sites excluding steroid dienone is 4. The third-order valence-electron chi connectivity index (χ3n) is 5.82. The molecule has 6 nitrogen and oxygen atoms in total. The van der Waals surface area contributed by atoms with Gasteiger partial charge in [0.2, 0.25) is 0 Å². The molecular weight excluding hydrogens is 478 g/mol. The Morgan fingerprint density at radius 2 is 1.80 bits per heavy atom. The fourth-order valence-electron chi connectivity index (χ4n) is 4.12. The van der Waals surface area contributed by atoms with Crippen LogP contribution in [-0.4, -0.2) is 31.8 Å². The molecule has 0 saturated heterocycles. The van der Waals surface area contributed by atoms with Gasteiger partial charge in [-0.15, -0.1) is 0 Å².